The molecule has 0 bridgehead atoms. The summed E-state index contributed by atoms with van der Waals surface area (Å²) >= 11 is 9.62. The molecule has 2 atom stereocenters. The van der Waals surface area contributed by atoms with E-state index in [0.717, 1.165) is 22.6 Å². The molecule has 1 saturated heterocycles. The Balaban J connectivity index is 2.14. The number of halogens is 2. The van der Waals surface area contributed by atoms with Crippen molar-refractivity contribution in [1.82, 2.24) is 9.80 Å². The van der Waals surface area contributed by atoms with Crippen LogP contribution in [0.25, 0.3) is 0 Å². The molecule has 1 aromatic rings. The van der Waals surface area contributed by atoms with Gasteiger partial charge >= 0.3 is 0 Å². The predicted molar refractivity (Wildman–Crippen MR) is 84.6 cm³/mol. The Hall–Kier alpha value is -0.130. The summed E-state index contributed by atoms with van der Waals surface area (Å²) in [5.41, 5.74) is 7.19. The van der Waals surface area contributed by atoms with Crippen LogP contribution in [0.5, 0.6) is 0 Å². The van der Waals surface area contributed by atoms with Crippen molar-refractivity contribution in [3.05, 3.63) is 33.3 Å². The molecule has 0 radical (unpaired) electrons. The number of nitrogens with zero attached hydrogens (tertiary/aromatic N) is 2. The van der Waals surface area contributed by atoms with Gasteiger partial charge in [0, 0.05) is 36.2 Å². The van der Waals surface area contributed by atoms with Gasteiger partial charge in [0.15, 0.2) is 0 Å². The lowest BCUT2D eigenvalue weighted by Crippen LogP contribution is -2.36. The van der Waals surface area contributed by atoms with Crippen molar-refractivity contribution in [2.24, 2.45) is 5.73 Å². The van der Waals surface area contributed by atoms with E-state index < -0.39 is 0 Å². The van der Waals surface area contributed by atoms with Gasteiger partial charge in [-0.05, 0) is 54.1 Å². The van der Waals surface area contributed by atoms with E-state index in [0.29, 0.717) is 12.6 Å². The third kappa shape index (κ3) is 3.50. The minimum atomic E-state index is 0.260. The van der Waals surface area contributed by atoms with Gasteiger partial charge in [0.2, 0.25) is 0 Å². The highest BCUT2D eigenvalue weighted by Crippen LogP contribution is 2.30. The fourth-order valence-electron chi connectivity index (χ4n) is 2.69. The first-order valence-electron chi connectivity index (χ1n) is 6.58. The van der Waals surface area contributed by atoms with Crippen LogP contribution in [0.2, 0.25) is 5.02 Å². The molecule has 2 N–H and O–H groups in total. The van der Waals surface area contributed by atoms with Crippen LogP contribution in [-0.4, -0.2) is 49.6 Å². The molecule has 1 heterocycles. The molecule has 19 heavy (non-hydrogen) atoms. The minimum absolute atomic E-state index is 0.260. The summed E-state index contributed by atoms with van der Waals surface area (Å²) in [6, 6.07) is 7.01. The molecule has 0 spiro atoms. The predicted octanol–water partition coefficient (Wildman–Crippen LogP) is 2.74. The van der Waals surface area contributed by atoms with Gasteiger partial charge in [-0.15, -0.1) is 0 Å². The molecule has 1 fully saturated rings. The number of likely N-dealkylation sites (tertiary alicyclic amines) is 1. The molecule has 1 aliphatic heterocycles. The number of likely N-dealkylation sites (N-methyl/N-ethyl adjacent to an activating group) is 1. The van der Waals surface area contributed by atoms with E-state index in [1.54, 1.807) is 0 Å². The van der Waals surface area contributed by atoms with Crippen molar-refractivity contribution in [1.29, 1.82) is 0 Å². The molecule has 2 unspecified atom stereocenters. The lowest BCUT2D eigenvalue weighted by molar-refractivity contribution is 0.220. The molecule has 1 aromatic carbocycles. The van der Waals surface area contributed by atoms with Crippen molar-refractivity contribution in [2.75, 3.05) is 33.7 Å². The average molecular weight is 347 g/mol. The normalized spacial score (nSPS) is 22.1. The molecule has 0 aromatic heterocycles. The third-order valence-corrected chi connectivity index (χ3v) is 5.15. The van der Waals surface area contributed by atoms with Crippen molar-refractivity contribution >= 4 is 27.5 Å². The maximum atomic E-state index is 6.19. The fraction of sp³-hybridized carbons (Fsp3) is 0.571. The average Bonchev–Trinajstić information content (AvgIpc) is 2.84. The number of benzene rings is 1. The number of hydrogen-bond donors (Lipinski definition) is 1. The third-order valence-electron chi connectivity index (χ3n) is 3.92. The second-order valence-electron chi connectivity index (χ2n) is 5.33. The molecule has 2 rings (SSSR count). The Morgan fingerprint density at radius 3 is 2.79 bits per heavy atom. The van der Waals surface area contributed by atoms with E-state index in [4.69, 9.17) is 17.3 Å². The summed E-state index contributed by atoms with van der Waals surface area (Å²) in [7, 11) is 4.28. The van der Waals surface area contributed by atoms with Crippen LogP contribution < -0.4 is 5.73 Å². The highest BCUT2D eigenvalue weighted by atomic mass is 79.9. The lowest BCUT2D eigenvalue weighted by atomic mass is 10.1. The first-order valence-corrected chi connectivity index (χ1v) is 7.75. The standard InChI is InChI=1S/C14H21BrClN3/c1-18(2)11-5-6-19(9-11)14(8-17)10-3-4-12(15)13(16)7-10/h3-4,7,11,14H,5-6,8-9,17H2,1-2H3. The van der Waals surface area contributed by atoms with E-state index in [9.17, 15) is 0 Å². The van der Waals surface area contributed by atoms with Crippen LogP contribution in [-0.2, 0) is 0 Å². The van der Waals surface area contributed by atoms with Gasteiger partial charge in [-0.2, -0.15) is 0 Å². The molecular formula is C14H21BrClN3. The van der Waals surface area contributed by atoms with E-state index >= 15 is 0 Å². The molecule has 5 heteroatoms. The first-order chi connectivity index (χ1) is 9.02. The molecule has 0 amide bonds. The Bertz CT molecular complexity index is 439. The topological polar surface area (TPSA) is 32.5 Å². The van der Waals surface area contributed by atoms with E-state index in [1.165, 1.54) is 12.0 Å². The SMILES string of the molecule is CN(C)C1CCN(C(CN)c2ccc(Br)c(Cl)c2)C1. The van der Waals surface area contributed by atoms with E-state index in [-0.39, 0.29) is 6.04 Å². The van der Waals surface area contributed by atoms with E-state index in [2.05, 4.69) is 45.9 Å². The van der Waals surface area contributed by atoms with Gasteiger partial charge in [-0.25, -0.2) is 0 Å². The molecule has 3 nitrogen and oxygen atoms in total. The van der Waals surface area contributed by atoms with Gasteiger partial charge in [-0.3, -0.25) is 4.90 Å². The molecule has 0 aliphatic carbocycles. The van der Waals surface area contributed by atoms with Crippen molar-refractivity contribution < 1.29 is 0 Å². The van der Waals surface area contributed by atoms with Gasteiger partial charge < -0.3 is 10.6 Å². The van der Waals surface area contributed by atoms with Crippen molar-refractivity contribution in [3.8, 4) is 0 Å². The Morgan fingerprint density at radius 2 is 2.26 bits per heavy atom. The smallest absolute Gasteiger partial charge is 0.0551 e. The monoisotopic (exact) mass is 345 g/mol. The van der Waals surface area contributed by atoms with Crippen LogP contribution in [0, 0.1) is 0 Å². The Kier molecular flexibility index (Phi) is 5.26. The highest BCUT2D eigenvalue weighted by Gasteiger charge is 2.29. The van der Waals surface area contributed by atoms with Crippen LogP contribution in [0.3, 0.4) is 0 Å². The summed E-state index contributed by atoms with van der Waals surface area (Å²) in [4.78, 5) is 4.76. The minimum Gasteiger partial charge on any atom is -0.329 e. The number of nitrogens with two attached hydrogens (primary N) is 1. The summed E-state index contributed by atoms with van der Waals surface area (Å²) in [6.45, 7) is 2.79. The summed E-state index contributed by atoms with van der Waals surface area (Å²) < 4.78 is 0.932. The fourth-order valence-corrected chi connectivity index (χ4v) is 3.12. The summed E-state index contributed by atoms with van der Waals surface area (Å²) in [5, 5.41) is 0.749. The molecular weight excluding hydrogens is 326 g/mol. The second kappa shape index (κ2) is 6.55. The zero-order valence-electron chi connectivity index (χ0n) is 11.4. The van der Waals surface area contributed by atoms with Crippen LogP contribution >= 0.6 is 27.5 Å². The van der Waals surface area contributed by atoms with Gasteiger partial charge in [0.05, 0.1) is 5.02 Å². The second-order valence-corrected chi connectivity index (χ2v) is 6.59. The molecule has 0 saturated carbocycles. The highest BCUT2D eigenvalue weighted by molar-refractivity contribution is 9.10. The summed E-state index contributed by atoms with van der Waals surface area (Å²) in [6.07, 6.45) is 1.20. The van der Waals surface area contributed by atoms with Crippen LogP contribution in [0.4, 0.5) is 0 Å². The zero-order valence-corrected chi connectivity index (χ0v) is 13.8. The Labute approximate surface area is 128 Å². The van der Waals surface area contributed by atoms with E-state index in [1.807, 2.05) is 12.1 Å². The van der Waals surface area contributed by atoms with Crippen LogP contribution in [0.1, 0.15) is 18.0 Å². The van der Waals surface area contributed by atoms with Crippen molar-refractivity contribution in [3.63, 3.8) is 0 Å². The lowest BCUT2D eigenvalue weighted by Gasteiger charge is -2.28. The number of hydrogen-bond acceptors (Lipinski definition) is 3. The summed E-state index contributed by atoms with van der Waals surface area (Å²) in [5.74, 6) is 0. The maximum absolute atomic E-state index is 6.19. The number of rotatable bonds is 4. The quantitative estimate of drug-likeness (QED) is 0.910. The zero-order chi connectivity index (χ0) is 14.0. The first kappa shape index (κ1) is 15.3. The van der Waals surface area contributed by atoms with Crippen LogP contribution in [0.15, 0.2) is 22.7 Å². The van der Waals surface area contributed by atoms with Gasteiger partial charge in [-0.1, -0.05) is 17.7 Å². The van der Waals surface area contributed by atoms with Crippen molar-refractivity contribution in [2.45, 2.75) is 18.5 Å². The van der Waals surface area contributed by atoms with Gasteiger partial charge in [0.25, 0.3) is 0 Å². The molecule has 1 aliphatic rings. The largest absolute Gasteiger partial charge is 0.329 e. The molecule has 106 valence electrons. The van der Waals surface area contributed by atoms with Gasteiger partial charge in [0.1, 0.15) is 0 Å². The maximum Gasteiger partial charge on any atom is 0.0551 e. The Morgan fingerprint density at radius 1 is 1.53 bits per heavy atom.